The molecule has 31 heavy (non-hydrogen) atoms. The molecule has 170 valence electrons. The minimum Gasteiger partial charge on any atom is -0.266 e. The van der Waals surface area contributed by atoms with Crippen molar-refractivity contribution in [3.8, 4) is 0 Å². The third-order valence-electron chi connectivity index (χ3n) is 5.65. The summed E-state index contributed by atoms with van der Waals surface area (Å²) in [5, 5.41) is 0. The molecule has 1 saturated carbocycles. The van der Waals surface area contributed by atoms with Crippen LogP contribution in [0.15, 0.2) is 34.1 Å². The van der Waals surface area contributed by atoms with E-state index in [-0.39, 0.29) is 34.8 Å². The first kappa shape index (κ1) is 23.9. The second kappa shape index (κ2) is 8.65. The summed E-state index contributed by atoms with van der Waals surface area (Å²) >= 11 is 0. The van der Waals surface area contributed by atoms with Crippen LogP contribution in [0.5, 0.6) is 0 Å². The summed E-state index contributed by atoms with van der Waals surface area (Å²) in [5.41, 5.74) is 4.61. The third-order valence-corrected chi connectivity index (χ3v) is 8.83. The first-order valence-electron chi connectivity index (χ1n) is 10.3. The Balaban J connectivity index is 1.59. The molecule has 2 atom stereocenters. The lowest BCUT2D eigenvalue weighted by Gasteiger charge is -2.13. The molecular weight excluding hydrogens is 436 g/mol. The smallest absolute Gasteiger partial charge is 0.266 e. The Hall–Kier alpha value is -1.74. The molecule has 3 rings (SSSR count). The van der Waals surface area contributed by atoms with Crippen molar-refractivity contribution in [2.75, 3.05) is 13.2 Å². The largest absolute Gasteiger partial charge is 0.297 e. The highest BCUT2D eigenvalue weighted by molar-refractivity contribution is 7.87. The van der Waals surface area contributed by atoms with Gasteiger partial charge in [0.1, 0.15) is 0 Å². The van der Waals surface area contributed by atoms with Gasteiger partial charge in [-0.3, -0.25) is 8.37 Å². The molecule has 0 aromatic heterocycles. The standard InChI is InChI=1S/C23H30O6S2/c1-14-7-16(3)22(17(4)8-14)30(24,25)28-12-20-11-21(20)13-29-31(26,27)23-18(5)9-15(2)10-19(23)6/h7-10,20-21H,11-13H2,1-6H3/t20-,21-/m1/s1. The van der Waals surface area contributed by atoms with Crippen LogP contribution in [0.2, 0.25) is 0 Å². The van der Waals surface area contributed by atoms with Gasteiger partial charge in [-0.25, -0.2) is 0 Å². The second-order valence-corrected chi connectivity index (χ2v) is 11.8. The lowest BCUT2D eigenvalue weighted by atomic mass is 10.1. The SMILES string of the molecule is Cc1cc(C)c(S(=O)(=O)OC[C@H]2C[C@@H]2COS(=O)(=O)c2c(C)cc(C)cc2C)c(C)c1. The first-order chi connectivity index (χ1) is 14.3. The molecule has 1 aliphatic carbocycles. The normalized spacial score (nSPS) is 18.9. The molecule has 0 radical (unpaired) electrons. The van der Waals surface area contributed by atoms with E-state index in [4.69, 9.17) is 8.37 Å². The molecule has 6 nitrogen and oxygen atoms in total. The Kier molecular flexibility index (Phi) is 6.68. The molecule has 0 N–H and O–H groups in total. The molecule has 2 aromatic carbocycles. The van der Waals surface area contributed by atoms with Crippen LogP contribution >= 0.6 is 0 Å². The van der Waals surface area contributed by atoms with Crippen LogP contribution in [0.3, 0.4) is 0 Å². The highest BCUT2D eigenvalue weighted by atomic mass is 32.2. The van der Waals surface area contributed by atoms with E-state index in [0.29, 0.717) is 28.7 Å². The topological polar surface area (TPSA) is 86.7 Å². The predicted octanol–water partition coefficient (Wildman–Crippen LogP) is 4.28. The Morgan fingerprint density at radius 3 is 1.23 bits per heavy atom. The van der Waals surface area contributed by atoms with Crippen molar-refractivity contribution >= 4 is 20.2 Å². The molecule has 0 heterocycles. The van der Waals surface area contributed by atoms with Gasteiger partial charge in [0.25, 0.3) is 20.2 Å². The van der Waals surface area contributed by atoms with Crippen molar-refractivity contribution in [3.63, 3.8) is 0 Å². The van der Waals surface area contributed by atoms with E-state index in [9.17, 15) is 16.8 Å². The Bertz CT molecular complexity index is 1070. The minimum atomic E-state index is -3.88. The van der Waals surface area contributed by atoms with Gasteiger partial charge in [-0.05, 0) is 82.1 Å². The fourth-order valence-corrected chi connectivity index (χ4v) is 7.07. The summed E-state index contributed by atoms with van der Waals surface area (Å²) in [6.07, 6.45) is 0.669. The van der Waals surface area contributed by atoms with Crippen molar-refractivity contribution in [1.82, 2.24) is 0 Å². The molecule has 1 aliphatic rings. The quantitative estimate of drug-likeness (QED) is 0.540. The van der Waals surface area contributed by atoms with Gasteiger partial charge in [-0.2, -0.15) is 16.8 Å². The van der Waals surface area contributed by atoms with E-state index in [1.807, 2.05) is 38.1 Å². The van der Waals surface area contributed by atoms with Crippen molar-refractivity contribution in [2.45, 2.75) is 57.8 Å². The fourth-order valence-electron chi connectivity index (χ4n) is 4.31. The van der Waals surface area contributed by atoms with E-state index in [0.717, 1.165) is 11.1 Å². The van der Waals surface area contributed by atoms with Crippen LogP contribution in [0.1, 0.15) is 39.8 Å². The van der Waals surface area contributed by atoms with Gasteiger partial charge in [0.15, 0.2) is 0 Å². The Morgan fingerprint density at radius 2 is 0.935 bits per heavy atom. The lowest BCUT2D eigenvalue weighted by Crippen LogP contribution is -2.15. The van der Waals surface area contributed by atoms with Crippen molar-refractivity contribution in [3.05, 3.63) is 57.6 Å². The zero-order valence-corrected chi connectivity index (χ0v) is 20.5. The summed E-state index contributed by atoms with van der Waals surface area (Å²) in [7, 11) is -7.76. The van der Waals surface area contributed by atoms with Crippen LogP contribution in [-0.4, -0.2) is 30.0 Å². The average Bonchev–Trinajstić information content (AvgIpc) is 3.34. The van der Waals surface area contributed by atoms with Crippen molar-refractivity contribution < 1.29 is 25.2 Å². The molecule has 0 bridgehead atoms. The van der Waals surface area contributed by atoms with E-state index in [1.165, 1.54) is 0 Å². The van der Waals surface area contributed by atoms with Crippen LogP contribution in [0, 0.1) is 53.4 Å². The monoisotopic (exact) mass is 466 g/mol. The van der Waals surface area contributed by atoms with Crippen LogP contribution < -0.4 is 0 Å². The van der Waals surface area contributed by atoms with Gasteiger partial charge >= 0.3 is 0 Å². The van der Waals surface area contributed by atoms with Gasteiger partial charge in [0.2, 0.25) is 0 Å². The van der Waals surface area contributed by atoms with Crippen molar-refractivity contribution in [1.29, 1.82) is 0 Å². The number of rotatable bonds is 8. The van der Waals surface area contributed by atoms with Crippen LogP contribution in [0.4, 0.5) is 0 Å². The van der Waals surface area contributed by atoms with E-state index < -0.39 is 20.2 Å². The molecule has 0 unspecified atom stereocenters. The lowest BCUT2D eigenvalue weighted by molar-refractivity contribution is 0.261. The predicted molar refractivity (Wildman–Crippen MR) is 119 cm³/mol. The highest BCUT2D eigenvalue weighted by Gasteiger charge is 2.40. The summed E-state index contributed by atoms with van der Waals surface area (Å²) in [4.78, 5) is 0.416. The molecule has 0 aliphatic heterocycles. The molecular formula is C23H30O6S2. The third kappa shape index (κ3) is 5.37. The molecule has 0 amide bonds. The maximum atomic E-state index is 12.7. The number of hydrogen-bond donors (Lipinski definition) is 0. The van der Waals surface area contributed by atoms with Gasteiger partial charge in [0.05, 0.1) is 23.0 Å². The molecule has 2 aromatic rings. The van der Waals surface area contributed by atoms with Gasteiger partial charge in [-0.1, -0.05) is 35.4 Å². The Morgan fingerprint density at radius 1 is 0.645 bits per heavy atom. The second-order valence-electron chi connectivity index (χ2n) is 8.69. The van der Waals surface area contributed by atoms with Gasteiger partial charge in [-0.15, -0.1) is 0 Å². The number of benzene rings is 2. The molecule has 0 saturated heterocycles. The summed E-state index contributed by atoms with van der Waals surface area (Å²) in [5.74, 6) is -0.0903. The maximum absolute atomic E-state index is 12.7. The van der Waals surface area contributed by atoms with E-state index in [1.54, 1.807) is 27.7 Å². The van der Waals surface area contributed by atoms with Crippen molar-refractivity contribution in [2.24, 2.45) is 11.8 Å². The van der Waals surface area contributed by atoms with Crippen LogP contribution in [-0.2, 0) is 28.6 Å². The maximum Gasteiger partial charge on any atom is 0.297 e. The van der Waals surface area contributed by atoms with E-state index in [2.05, 4.69) is 0 Å². The van der Waals surface area contributed by atoms with Gasteiger partial charge in [0, 0.05) is 0 Å². The minimum absolute atomic E-state index is 0.0196. The van der Waals surface area contributed by atoms with Gasteiger partial charge < -0.3 is 0 Å². The average molecular weight is 467 g/mol. The molecule has 1 fully saturated rings. The summed E-state index contributed by atoms with van der Waals surface area (Å²) < 4.78 is 61.3. The summed E-state index contributed by atoms with van der Waals surface area (Å²) in [6, 6.07) is 7.27. The number of aryl methyl sites for hydroxylation is 6. The number of hydrogen-bond acceptors (Lipinski definition) is 6. The Labute approximate surface area is 185 Å². The fraction of sp³-hybridized carbons (Fsp3) is 0.478. The molecule has 8 heteroatoms. The van der Waals surface area contributed by atoms with Crippen LogP contribution in [0.25, 0.3) is 0 Å². The summed E-state index contributed by atoms with van der Waals surface area (Å²) in [6.45, 7) is 10.9. The first-order valence-corrected chi connectivity index (χ1v) is 13.1. The molecule has 0 spiro atoms. The van der Waals surface area contributed by atoms with E-state index >= 15 is 0 Å². The zero-order valence-electron chi connectivity index (χ0n) is 18.9. The highest BCUT2D eigenvalue weighted by Crippen LogP contribution is 2.40. The zero-order chi connectivity index (χ0) is 23.1.